The molecule has 1 aromatic carbocycles. The molecule has 2 aliphatic rings. The van der Waals surface area contributed by atoms with E-state index in [9.17, 15) is 4.79 Å². The number of benzene rings is 1. The smallest absolute Gasteiger partial charge is 0.253 e. The molecular formula is C20H25N3O. The molecule has 1 aromatic heterocycles. The highest BCUT2D eigenvalue weighted by molar-refractivity contribution is 5.97. The minimum absolute atomic E-state index is 0.154. The van der Waals surface area contributed by atoms with Crippen LogP contribution in [-0.2, 0) is 0 Å². The molecule has 4 heteroatoms. The van der Waals surface area contributed by atoms with Crippen LogP contribution in [0.15, 0.2) is 18.2 Å². The van der Waals surface area contributed by atoms with E-state index in [0.717, 1.165) is 47.0 Å². The van der Waals surface area contributed by atoms with Gasteiger partial charge < -0.3 is 4.90 Å². The molecule has 0 unspecified atom stereocenters. The van der Waals surface area contributed by atoms with Crippen LogP contribution in [0.1, 0.15) is 53.8 Å². The lowest BCUT2D eigenvalue weighted by atomic mass is 9.75. The van der Waals surface area contributed by atoms with Crippen molar-refractivity contribution in [2.75, 3.05) is 13.1 Å². The first kappa shape index (κ1) is 15.6. The number of fused-ring (bicyclic) bond motifs is 2. The van der Waals surface area contributed by atoms with E-state index >= 15 is 0 Å². The molecule has 2 fully saturated rings. The first-order valence-corrected chi connectivity index (χ1v) is 9.16. The molecule has 4 nitrogen and oxygen atoms in total. The predicted molar refractivity (Wildman–Crippen MR) is 95.0 cm³/mol. The quantitative estimate of drug-likeness (QED) is 0.799. The van der Waals surface area contributed by atoms with Crippen molar-refractivity contribution in [3.63, 3.8) is 0 Å². The van der Waals surface area contributed by atoms with Crippen molar-refractivity contribution in [3.05, 3.63) is 35.2 Å². The number of amides is 1. The summed E-state index contributed by atoms with van der Waals surface area (Å²) in [5.74, 6) is 1.71. The fourth-order valence-electron chi connectivity index (χ4n) is 4.33. The van der Waals surface area contributed by atoms with Crippen molar-refractivity contribution in [2.45, 2.75) is 46.0 Å². The minimum atomic E-state index is 0.154. The molecule has 126 valence electrons. The first-order valence-electron chi connectivity index (χ1n) is 9.16. The summed E-state index contributed by atoms with van der Waals surface area (Å²) in [6.45, 7) is 5.76. The summed E-state index contributed by atoms with van der Waals surface area (Å²) in [5.41, 5.74) is 4.29. The summed E-state index contributed by atoms with van der Waals surface area (Å²) in [4.78, 5) is 24.2. The van der Waals surface area contributed by atoms with Crippen molar-refractivity contribution in [1.29, 1.82) is 0 Å². The molecule has 0 spiro atoms. The summed E-state index contributed by atoms with van der Waals surface area (Å²) in [7, 11) is 0. The highest BCUT2D eigenvalue weighted by Crippen LogP contribution is 2.36. The summed E-state index contributed by atoms with van der Waals surface area (Å²) in [6, 6.07) is 5.74. The van der Waals surface area contributed by atoms with Crippen LogP contribution in [0.5, 0.6) is 0 Å². The van der Waals surface area contributed by atoms with E-state index in [0.29, 0.717) is 5.92 Å². The highest BCUT2D eigenvalue weighted by atomic mass is 16.2. The van der Waals surface area contributed by atoms with Crippen LogP contribution in [0.25, 0.3) is 11.0 Å². The number of hydrogen-bond acceptors (Lipinski definition) is 3. The van der Waals surface area contributed by atoms with Crippen molar-refractivity contribution in [1.82, 2.24) is 14.9 Å². The molecule has 1 amide bonds. The standard InChI is InChI=1S/C20H25N3O/c1-13-14(2)22-19-11-16(7-8-18(19)21-13)20(24)23-10-9-15-5-3-4-6-17(15)12-23/h7-8,11,15,17H,3-6,9-10,12H2,1-2H3/t15-,17+/m0/s1. The molecule has 0 bridgehead atoms. The Balaban J connectivity index is 1.57. The van der Waals surface area contributed by atoms with Gasteiger partial charge in [0.05, 0.1) is 22.4 Å². The van der Waals surface area contributed by atoms with E-state index in [4.69, 9.17) is 0 Å². The molecule has 1 saturated carbocycles. The number of nitrogens with zero attached hydrogens (tertiary/aromatic N) is 3. The lowest BCUT2D eigenvalue weighted by Gasteiger charge is -2.41. The van der Waals surface area contributed by atoms with E-state index in [2.05, 4.69) is 14.9 Å². The number of carbonyl (C=O) groups is 1. The molecule has 24 heavy (non-hydrogen) atoms. The Bertz CT molecular complexity index is 786. The number of rotatable bonds is 1. The Morgan fingerprint density at radius 2 is 1.71 bits per heavy atom. The van der Waals surface area contributed by atoms with Gasteiger partial charge in [0, 0.05) is 18.7 Å². The number of piperidine rings is 1. The zero-order chi connectivity index (χ0) is 16.7. The normalized spacial score (nSPS) is 24.0. The third-order valence-corrected chi connectivity index (χ3v) is 5.90. The van der Waals surface area contributed by atoms with E-state index in [1.165, 1.54) is 32.1 Å². The van der Waals surface area contributed by atoms with Crippen molar-refractivity contribution < 1.29 is 4.79 Å². The molecule has 1 saturated heterocycles. The summed E-state index contributed by atoms with van der Waals surface area (Å²) < 4.78 is 0. The molecule has 1 aliphatic carbocycles. The molecule has 2 heterocycles. The summed E-state index contributed by atoms with van der Waals surface area (Å²) in [6.07, 6.45) is 6.51. The zero-order valence-electron chi connectivity index (χ0n) is 14.6. The van der Waals surface area contributed by atoms with Crippen molar-refractivity contribution in [3.8, 4) is 0 Å². The molecule has 0 radical (unpaired) electrons. The van der Waals surface area contributed by atoms with Crippen LogP contribution < -0.4 is 0 Å². The van der Waals surface area contributed by atoms with Gasteiger partial charge in [-0.1, -0.05) is 19.3 Å². The van der Waals surface area contributed by atoms with E-state index in [1.54, 1.807) is 0 Å². The second-order valence-corrected chi connectivity index (χ2v) is 7.44. The van der Waals surface area contributed by atoms with Gasteiger partial charge in [0.15, 0.2) is 0 Å². The SMILES string of the molecule is Cc1nc2ccc(C(=O)N3CC[C@@H]4CCCC[C@@H]4C3)cc2nc1C. The third kappa shape index (κ3) is 2.79. The van der Waals surface area contributed by atoms with Crippen LogP contribution in [-0.4, -0.2) is 33.9 Å². The Hall–Kier alpha value is -1.97. The van der Waals surface area contributed by atoms with E-state index < -0.39 is 0 Å². The first-order chi connectivity index (χ1) is 11.6. The van der Waals surface area contributed by atoms with Crippen LogP contribution in [0.3, 0.4) is 0 Å². The molecule has 1 aliphatic heterocycles. The highest BCUT2D eigenvalue weighted by Gasteiger charge is 2.33. The van der Waals surface area contributed by atoms with E-state index in [-0.39, 0.29) is 5.91 Å². The second kappa shape index (κ2) is 6.15. The Labute approximate surface area is 143 Å². The van der Waals surface area contributed by atoms with E-state index in [1.807, 2.05) is 32.0 Å². The van der Waals surface area contributed by atoms with Crippen LogP contribution in [0, 0.1) is 25.7 Å². The predicted octanol–water partition coefficient (Wildman–Crippen LogP) is 3.90. The lowest BCUT2D eigenvalue weighted by molar-refractivity contribution is 0.0521. The Morgan fingerprint density at radius 1 is 1.00 bits per heavy atom. The van der Waals surface area contributed by atoms with Crippen molar-refractivity contribution in [2.24, 2.45) is 11.8 Å². The maximum Gasteiger partial charge on any atom is 0.253 e. The number of carbonyl (C=O) groups excluding carboxylic acids is 1. The molecule has 0 N–H and O–H groups in total. The molecule has 2 aromatic rings. The van der Waals surface area contributed by atoms with Gasteiger partial charge in [-0.2, -0.15) is 0 Å². The van der Waals surface area contributed by atoms with Gasteiger partial charge in [-0.15, -0.1) is 0 Å². The summed E-state index contributed by atoms with van der Waals surface area (Å²) >= 11 is 0. The van der Waals surface area contributed by atoms with Gasteiger partial charge in [-0.3, -0.25) is 4.79 Å². The van der Waals surface area contributed by atoms with Crippen molar-refractivity contribution >= 4 is 16.9 Å². The third-order valence-electron chi connectivity index (χ3n) is 5.90. The van der Waals surface area contributed by atoms with Gasteiger partial charge in [-0.05, 0) is 56.7 Å². The molecule has 2 atom stereocenters. The second-order valence-electron chi connectivity index (χ2n) is 7.44. The monoisotopic (exact) mass is 323 g/mol. The fourth-order valence-corrected chi connectivity index (χ4v) is 4.33. The number of aryl methyl sites for hydroxylation is 2. The van der Waals surface area contributed by atoms with Gasteiger partial charge in [0.25, 0.3) is 5.91 Å². The van der Waals surface area contributed by atoms with Gasteiger partial charge in [0.2, 0.25) is 0 Å². The topological polar surface area (TPSA) is 46.1 Å². The van der Waals surface area contributed by atoms with Gasteiger partial charge in [-0.25, -0.2) is 9.97 Å². The van der Waals surface area contributed by atoms with Gasteiger partial charge >= 0.3 is 0 Å². The summed E-state index contributed by atoms with van der Waals surface area (Å²) in [5, 5.41) is 0. The fraction of sp³-hybridized carbons (Fsp3) is 0.550. The Morgan fingerprint density at radius 3 is 2.50 bits per heavy atom. The van der Waals surface area contributed by atoms with Gasteiger partial charge in [0.1, 0.15) is 0 Å². The maximum atomic E-state index is 12.9. The molecule has 4 rings (SSSR count). The maximum absolute atomic E-state index is 12.9. The average Bonchev–Trinajstić information content (AvgIpc) is 2.61. The average molecular weight is 323 g/mol. The minimum Gasteiger partial charge on any atom is -0.338 e. The Kier molecular flexibility index (Phi) is 3.99. The van der Waals surface area contributed by atoms with Crippen LogP contribution >= 0.6 is 0 Å². The van der Waals surface area contributed by atoms with Crippen LogP contribution in [0.4, 0.5) is 0 Å². The molecular weight excluding hydrogens is 298 g/mol. The number of likely N-dealkylation sites (tertiary alicyclic amines) is 1. The number of hydrogen-bond donors (Lipinski definition) is 0. The largest absolute Gasteiger partial charge is 0.338 e. The van der Waals surface area contributed by atoms with Crippen LogP contribution in [0.2, 0.25) is 0 Å². The number of aromatic nitrogens is 2. The lowest BCUT2D eigenvalue weighted by Crippen LogP contribution is -2.44. The zero-order valence-corrected chi connectivity index (χ0v) is 14.6.